The molecule has 144 valence electrons. The molecule has 3 rings (SSSR count). The summed E-state index contributed by atoms with van der Waals surface area (Å²) in [7, 11) is 0. The summed E-state index contributed by atoms with van der Waals surface area (Å²) in [6.45, 7) is 2.18. The SMILES string of the molecule is CC[C@H]1CC[C@H]([C@H]2CC[C@H]([C@H]3CC[C@H](C=CCCF)CC3)CC2)CC1. The molecule has 0 aliphatic heterocycles. The maximum absolute atomic E-state index is 12.2. The summed E-state index contributed by atoms with van der Waals surface area (Å²) in [6.07, 6.45) is 24.2. The van der Waals surface area contributed by atoms with Crippen LogP contribution in [0.1, 0.15) is 96.8 Å². The van der Waals surface area contributed by atoms with E-state index in [-0.39, 0.29) is 6.67 Å². The molecule has 0 N–H and O–H groups in total. The predicted octanol–water partition coefficient (Wildman–Crippen LogP) is 7.73. The summed E-state index contributed by atoms with van der Waals surface area (Å²) in [5.41, 5.74) is 0. The van der Waals surface area contributed by atoms with Crippen LogP contribution in [0.5, 0.6) is 0 Å². The second kappa shape index (κ2) is 10.1. The lowest BCUT2D eigenvalue weighted by Crippen LogP contribution is -2.29. The van der Waals surface area contributed by atoms with E-state index in [2.05, 4.69) is 19.1 Å². The van der Waals surface area contributed by atoms with E-state index in [1.54, 1.807) is 0 Å². The average molecular weight is 349 g/mol. The van der Waals surface area contributed by atoms with Crippen molar-refractivity contribution < 1.29 is 4.39 Å². The Hall–Kier alpha value is -0.330. The van der Waals surface area contributed by atoms with Gasteiger partial charge in [0.05, 0.1) is 6.67 Å². The lowest BCUT2D eigenvalue weighted by Gasteiger charge is -2.41. The van der Waals surface area contributed by atoms with E-state index in [0.717, 1.165) is 35.5 Å². The molecule has 1 heteroatoms. The highest BCUT2D eigenvalue weighted by Crippen LogP contribution is 2.46. The smallest absolute Gasteiger partial charge is 0.0928 e. The van der Waals surface area contributed by atoms with Gasteiger partial charge in [0.2, 0.25) is 0 Å². The normalized spacial score (nSPS) is 40.4. The van der Waals surface area contributed by atoms with Crippen molar-refractivity contribution in [2.75, 3.05) is 6.67 Å². The van der Waals surface area contributed by atoms with Crippen LogP contribution in [0.2, 0.25) is 0 Å². The molecule has 0 aromatic heterocycles. The summed E-state index contributed by atoms with van der Waals surface area (Å²) >= 11 is 0. The molecule has 0 saturated heterocycles. The Balaban J connectivity index is 1.36. The van der Waals surface area contributed by atoms with Crippen LogP contribution < -0.4 is 0 Å². The van der Waals surface area contributed by atoms with Gasteiger partial charge in [0.1, 0.15) is 0 Å². The van der Waals surface area contributed by atoms with Gasteiger partial charge in [-0.25, -0.2) is 0 Å². The van der Waals surface area contributed by atoms with Crippen LogP contribution in [0.15, 0.2) is 12.2 Å². The van der Waals surface area contributed by atoms with Crippen molar-refractivity contribution >= 4 is 0 Å². The number of hydrogen-bond acceptors (Lipinski definition) is 0. The molecule has 0 nitrogen and oxygen atoms in total. The summed E-state index contributed by atoms with van der Waals surface area (Å²) in [5, 5.41) is 0. The van der Waals surface area contributed by atoms with Crippen LogP contribution in [0.3, 0.4) is 0 Å². The van der Waals surface area contributed by atoms with Crippen LogP contribution >= 0.6 is 0 Å². The monoisotopic (exact) mass is 348 g/mol. The molecule has 0 unspecified atom stereocenters. The molecular weight excluding hydrogens is 307 g/mol. The van der Waals surface area contributed by atoms with Gasteiger partial charge in [0.25, 0.3) is 0 Å². The minimum Gasteiger partial charge on any atom is -0.251 e. The number of allylic oxidation sites excluding steroid dienone is 2. The second-order valence-electron chi connectivity index (χ2n) is 9.44. The van der Waals surface area contributed by atoms with Crippen LogP contribution in [0, 0.1) is 35.5 Å². The van der Waals surface area contributed by atoms with Crippen LogP contribution in [0.4, 0.5) is 4.39 Å². The van der Waals surface area contributed by atoms with Crippen molar-refractivity contribution in [1.82, 2.24) is 0 Å². The molecule has 3 saturated carbocycles. The second-order valence-corrected chi connectivity index (χ2v) is 9.44. The van der Waals surface area contributed by atoms with Gasteiger partial charge in [-0.05, 0) is 106 Å². The average Bonchev–Trinajstić information content (AvgIpc) is 2.69. The summed E-state index contributed by atoms with van der Waals surface area (Å²) < 4.78 is 12.2. The van der Waals surface area contributed by atoms with E-state index < -0.39 is 0 Å². The Morgan fingerprint density at radius 1 is 0.680 bits per heavy atom. The highest BCUT2D eigenvalue weighted by molar-refractivity contribution is 4.93. The lowest BCUT2D eigenvalue weighted by atomic mass is 9.65. The quantitative estimate of drug-likeness (QED) is 0.431. The van der Waals surface area contributed by atoms with Crippen LogP contribution in [-0.2, 0) is 0 Å². The molecule has 0 amide bonds. The minimum atomic E-state index is -0.199. The predicted molar refractivity (Wildman–Crippen MR) is 106 cm³/mol. The van der Waals surface area contributed by atoms with Gasteiger partial charge in [0.15, 0.2) is 0 Å². The first-order chi connectivity index (χ1) is 12.3. The van der Waals surface area contributed by atoms with E-state index in [0.29, 0.717) is 6.42 Å². The minimum absolute atomic E-state index is 0.199. The maximum atomic E-state index is 12.2. The maximum Gasteiger partial charge on any atom is 0.0928 e. The van der Waals surface area contributed by atoms with Crippen molar-refractivity contribution in [2.24, 2.45) is 35.5 Å². The zero-order chi connectivity index (χ0) is 17.5. The zero-order valence-electron chi connectivity index (χ0n) is 16.6. The van der Waals surface area contributed by atoms with Crippen molar-refractivity contribution in [1.29, 1.82) is 0 Å². The van der Waals surface area contributed by atoms with Gasteiger partial charge in [-0.1, -0.05) is 38.3 Å². The zero-order valence-corrected chi connectivity index (χ0v) is 16.6. The largest absolute Gasteiger partial charge is 0.251 e. The molecule has 0 aromatic rings. The third-order valence-electron chi connectivity index (χ3n) is 8.12. The van der Waals surface area contributed by atoms with Crippen molar-refractivity contribution in [3.05, 3.63) is 12.2 Å². The van der Waals surface area contributed by atoms with Crippen molar-refractivity contribution in [2.45, 2.75) is 96.8 Å². The molecule has 0 spiro atoms. The fraction of sp³-hybridized carbons (Fsp3) is 0.917. The third-order valence-corrected chi connectivity index (χ3v) is 8.12. The fourth-order valence-corrected chi connectivity index (χ4v) is 6.32. The highest BCUT2D eigenvalue weighted by Gasteiger charge is 2.34. The topological polar surface area (TPSA) is 0 Å². The molecule has 0 aromatic carbocycles. The molecule has 0 bridgehead atoms. The summed E-state index contributed by atoms with van der Waals surface area (Å²) in [5.74, 6) is 5.95. The number of halogens is 1. The van der Waals surface area contributed by atoms with E-state index in [4.69, 9.17) is 0 Å². The molecule has 25 heavy (non-hydrogen) atoms. The van der Waals surface area contributed by atoms with E-state index in [1.165, 1.54) is 83.5 Å². The first-order valence-corrected chi connectivity index (χ1v) is 11.5. The molecule has 3 fully saturated rings. The Bertz CT molecular complexity index is 377. The highest BCUT2D eigenvalue weighted by atomic mass is 19.1. The summed E-state index contributed by atoms with van der Waals surface area (Å²) in [4.78, 5) is 0. The van der Waals surface area contributed by atoms with Crippen molar-refractivity contribution in [3.8, 4) is 0 Å². The third kappa shape index (κ3) is 5.57. The first-order valence-electron chi connectivity index (χ1n) is 11.5. The number of rotatable bonds is 6. The molecule has 0 heterocycles. The molecular formula is C24H41F. The Kier molecular flexibility index (Phi) is 7.87. The molecule has 0 radical (unpaired) electrons. The van der Waals surface area contributed by atoms with Gasteiger partial charge in [-0.3, -0.25) is 4.39 Å². The van der Waals surface area contributed by atoms with Crippen LogP contribution in [0.25, 0.3) is 0 Å². The lowest BCUT2D eigenvalue weighted by molar-refractivity contribution is 0.108. The number of hydrogen-bond donors (Lipinski definition) is 0. The Morgan fingerprint density at radius 3 is 1.56 bits per heavy atom. The van der Waals surface area contributed by atoms with Gasteiger partial charge in [0, 0.05) is 0 Å². The van der Waals surface area contributed by atoms with E-state index in [9.17, 15) is 4.39 Å². The van der Waals surface area contributed by atoms with Crippen LogP contribution in [-0.4, -0.2) is 6.67 Å². The van der Waals surface area contributed by atoms with E-state index >= 15 is 0 Å². The fourth-order valence-electron chi connectivity index (χ4n) is 6.32. The van der Waals surface area contributed by atoms with Gasteiger partial charge in [-0.15, -0.1) is 0 Å². The number of alkyl halides is 1. The van der Waals surface area contributed by atoms with Gasteiger partial charge in [-0.2, -0.15) is 0 Å². The molecule has 0 atom stereocenters. The molecule has 3 aliphatic carbocycles. The van der Waals surface area contributed by atoms with Crippen molar-refractivity contribution in [3.63, 3.8) is 0 Å². The standard InChI is InChI=1S/C24H41F/c1-2-19-6-10-21(11-7-19)23-14-16-24(17-15-23)22-12-8-20(9-13-22)5-3-4-18-25/h3,5,19-24H,2,4,6-18H2,1H3/t19-,20-,21-,22-,23-,24-. The first kappa shape index (κ1) is 19.4. The Morgan fingerprint density at radius 2 is 1.12 bits per heavy atom. The van der Waals surface area contributed by atoms with Gasteiger partial charge >= 0.3 is 0 Å². The molecule has 3 aliphatic rings. The van der Waals surface area contributed by atoms with E-state index in [1.807, 2.05) is 0 Å². The summed E-state index contributed by atoms with van der Waals surface area (Å²) in [6, 6.07) is 0. The Labute approximate surface area is 156 Å². The van der Waals surface area contributed by atoms with Gasteiger partial charge < -0.3 is 0 Å².